The first kappa shape index (κ1) is 61.8. The van der Waals surface area contributed by atoms with Gasteiger partial charge in [0.05, 0.1) is 0 Å². The summed E-state index contributed by atoms with van der Waals surface area (Å²) < 4.78 is 0. The summed E-state index contributed by atoms with van der Waals surface area (Å²) in [6, 6.07) is 129. The van der Waals surface area contributed by atoms with E-state index in [-0.39, 0.29) is 44.3 Å². The fourth-order valence-electron chi connectivity index (χ4n) is 8.71. The Morgan fingerprint density at radius 3 is 0.241 bits per heavy atom. The summed E-state index contributed by atoms with van der Waals surface area (Å²) in [7, 11) is -1.78. The molecule has 12 aromatic carbocycles. The quantitative estimate of drug-likeness (QED) is 0.0868. The standard InChI is InChI=1S/4C18H15P.2ClH.Ru/c4*1-4-10-16(11-5-1)19(17-12-6-2-7-13-17)18-14-8-3-9-15-18;;;/h4*1-15H;2*1H;/q;;;;;;+2/p-2. The third-order valence-electron chi connectivity index (χ3n) is 12.2. The maximum absolute atomic E-state index is 2.23. The first-order valence-corrected chi connectivity index (χ1v) is 31.0. The largest absolute Gasteiger partial charge is 2.00 e. The molecule has 0 aliphatic heterocycles. The molecule has 0 aliphatic rings. The summed E-state index contributed by atoms with van der Waals surface area (Å²) in [6.45, 7) is 0. The van der Waals surface area contributed by atoms with Gasteiger partial charge in [-0.05, 0) is 95.3 Å². The average Bonchev–Trinajstić information content (AvgIpc) is 3.51. The van der Waals surface area contributed by atoms with Gasteiger partial charge in [-0.15, -0.1) is 0 Å². The molecular formula is C72H60Cl2P4Ru. The molecule has 0 radical (unpaired) electrons. The molecule has 12 rings (SSSR count). The molecule has 0 amide bonds. The summed E-state index contributed by atoms with van der Waals surface area (Å²) in [6.07, 6.45) is 0. The molecule has 0 bridgehead atoms. The second-order valence-electron chi connectivity index (χ2n) is 17.4. The van der Waals surface area contributed by atoms with E-state index >= 15 is 0 Å². The summed E-state index contributed by atoms with van der Waals surface area (Å²) >= 11 is 0. The molecule has 0 aliphatic carbocycles. The van der Waals surface area contributed by atoms with E-state index in [0.717, 1.165) is 0 Å². The van der Waals surface area contributed by atoms with Gasteiger partial charge in [-0.1, -0.05) is 364 Å². The number of rotatable bonds is 12. The molecule has 0 N–H and O–H groups in total. The third kappa shape index (κ3) is 18.3. The normalized spacial score (nSPS) is 10.2. The molecule has 0 aromatic heterocycles. The minimum atomic E-state index is -0.446. The van der Waals surface area contributed by atoms with Crippen molar-refractivity contribution in [3.05, 3.63) is 364 Å². The Morgan fingerprint density at radius 2 is 0.177 bits per heavy atom. The van der Waals surface area contributed by atoms with Crippen molar-refractivity contribution in [2.45, 2.75) is 0 Å². The molecule has 0 atom stereocenters. The Kier molecular flexibility index (Phi) is 27.0. The van der Waals surface area contributed by atoms with Crippen molar-refractivity contribution in [3.8, 4) is 0 Å². The first-order chi connectivity index (χ1) is 37.8. The van der Waals surface area contributed by atoms with Crippen molar-refractivity contribution in [3.63, 3.8) is 0 Å². The predicted molar refractivity (Wildman–Crippen MR) is 341 cm³/mol. The van der Waals surface area contributed by atoms with Gasteiger partial charge in [0.25, 0.3) is 0 Å². The van der Waals surface area contributed by atoms with Gasteiger partial charge < -0.3 is 24.8 Å². The van der Waals surface area contributed by atoms with E-state index in [1.54, 1.807) is 0 Å². The molecule has 0 saturated heterocycles. The number of benzene rings is 12. The van der Waals surface area contributed by atoms with Crippen LogP contribution in [0.25, 0.3) is 0 Å². The summed E-state index contributed by atoms with van der Waals surface area (Å²) in [5.74, 6) is 0. The summed E-state index contributed by atoms with van der Waals surface area (Å²) in [4.78, 5) is 0. The van der Waals surface area contributed by atoms with Crippen LogP contribution in [0.2, 0.25) is 0 Å². The van der Waals surface area contributed by atoms with Gasteiger partial charge in [-0.25, -0.2) is 0 Å². The topological polar surface area (TPSA) is 0 Å². The fraction of sp³-hybridized carbons (Fsp3) is 0. The van der Waals surface area contributed by atoms with Crippen LogP contribution in [-0.2, 0) is 19.5 Å². The molecule has 0 saturated carbocycles. The number of hydrogen-bond acceptors (Lipinski definition) is 0. The Bertz CT molecular complexity index is 2590. The Balaban J connectivity index is 0.000000168. The van der Waals surface area contributed by atoms with Gasteiger partial charge in [0, 0.05) is 0 Å². The van der Waals surface area contributed by atoms with Crippen LogP contribution in [0.1, 0.15) is 0 Å². The number of hydrogen-bond donors (Lipinski definition) is 0. The van der Waals surface area contributed by atoms with Crippen molar-refractivity contribution in [2.75, 3.05) is 0 Å². The monoisotopic (exact) mass is 1220 g/mol. The molecule has 390 valence electrons. The Hall–Kier alpha value is -6.44. The predicted octanol–water partition coefficient (Wildman–Crippen LogP) is 7.78. The van der Waals surface area contributed by atoms with Crippen molar-refractivity contribution >= 4 is 95.3 Å². The zero-order valence-corrected chi connectivity index (χ0v) is 50.4. The van der Waals surface area contributed by atoms with Gasteiger partial charge in [0.2, 0.25) is 0 Å². The van der Waals surface area contributed by atoms with Crippen LogP contribution in [0, 0.1) is 0 Å². The van der Waals surface area contributed by atoms with E-state index < -0.39 is 31.7 Å². The van der Waals surface area contributed by atoms with E-state index in [4.69, 9.17) is 0 Å². The van der Waals surface area contributed by atoms with Gasteiger partial charge in [-0.3, -0.25) is 0 Å². The van der Waals surface area contributed by atoms with Crippen LogP contribution in [0.5, 0.6) is 0 Å². The minimum absolute atomic E-state index is 0. The SMILES string of the molecule is [Cl-].[Cl-].[Ru+2].c1ccc(P(c2ccccc2)c2ccccc2)cc1.c1ccc(P(c2ccccc2)c2ccccc2)cc1.c1ccc(P(c2ccccc2)c2ccccc2)cc1.c1ccc(P(c2ccccc2)c2ccccc2)cc1. The van der Waals surface area contributed by atoms with Crippen LogP contribution < -0.4 is 88.5 Å². The third-order valence-corrected chi connectivity index (χ3v) is 21.9. The maximum atomic E-state index is 2.23. The van der Waals surface area contributed by atoms with E-state index in [9.17, 15) is 0 Å². The van der Waals surface area contributed by atoms with Gasteiger partial charge in [0.1, 0.15) is 0 Å². The van der Waals surface area contributed by atoms with Crippen molar-refractivity contribution in [1.82, 2.24) is 0 Å². The van der Waals surface area contributed by atoms with E-state index in [2.05, 4.69) is 364 Å². The van der Waals surface area contributed by atoms with Crippen LogP contribution in [-0.4, -0.2) is 0 Å². The molecule has 79 heavy (non-hydrogen) atoms. The Morgan fingerprint density at radius 1 is 0.114 bits per heavy atom. The second-order valence-corrected chi connectivity index (χ2v) is 26.2. The van der Waals surface area contributed by atoms with Gasteiger partial charge >= 0.3 is 19.5 Å². The molecule has 0 spiro atoms. The first-order valence-electron chi connectivity index (χ1n) is 25.6. The average molecular weight is 1220 g/mol. The van der Waals surface area contributed by atoms with E-state index in [1.165, 1.54) is 63.7 Å². The molecular weight excluding hydrogens is 1160 g/mol. The Labute approximate surface area is 499 Å². The van der Waals surface area contributed by atoms with Gasteiger partial charge in [0.15, 0.2) is 0 Å². The van der Waals surface area contributed by atoms with Crippen LogP contribution in [0.15, 0.2) is 364 Å². The van der Waals surface area contributed by atoms with Crippen molar-refractivity contribution < 1.29 is 44.3 Å². The molecule has 12 aromatic rings. The molecule has 0 fully saturated rings. The van der Waals surface area contributed by atoms with E-state index in [1.807, 2.05) is 0 Å². The number of halogens is 2. The summed E-state index contributed by atoms with van der Waals surface area (Å²) in [5, 5.41) is 16.8. The molecule has 0 heterocycles. The van der Waals surface area contributed by atoms with Crippen LogP contribution >= 0.6 is 31.7 Å². The van der Waals surface area contributed by atoms with Crippen LogP contribution in [0.4, 0.5) is 0 Å². The molecule has 0 unspecified atom stereocenters. The van der Waals surface area contributed by atoms with Gasteiger partial charge in [-0.2, -0.15) is 0 Å². The smallest absolute Gasteiger partial charge is 1.00 e. The molecule has 0 nitrogen and oxygen atoms in total. The maximum Gasteiger partial charge on any atom is 2.00 e. The van der Waals surface area contributed by atoms with Crippen LogP contribution in [0.3, 0.4) is 0 Å². The van der Waals surface area contributed by atoms with E-state index in [0.29, 0.717) is 0 Å². The minimum Gasteiger partial charge on any atom is -1.00 e. The summed E-state index contributed by atoms with van der Waals surface area (Å²) in [5.41, 5.74) is 0. The fourth-order valence-corrected chi connectivity index (χ4v) is 17.9. The second kappa shape index (κ2) is 34.5. The zero-order valence-electron chi connectivity index (χ0n) is 43.5. The molecule has 7 heteroatoms. The van der Waals surface area contributed by atoms with Crippen molar-refractivity contribution in [2.24, 2.45) is 0 Å². The zero-order chi connectivity index (χ0) is 51.7. The van der Waals surface area contributed by atoms with Crippen molar-refractivity contribution in [1.29, 1.82) is 0 Å².